The molecule has 1 rings (SSSR count). The van der Waals surface area contributed by atoms with Gasteiger partial charge in [0, 0.05) is 6.61 Å². The zero-order chi connectivity index (χ0) is 10.9. The predicted molar refractivity (Wildman–Crippen MR) is 63.7 cm³/mol. The van der Waals surface area contributed by atoms with Crippen molar-refractivity contribution in [1.82, 2.24) is 0 Å². The summed E-state index contributed by atoms with van der Waals surface area (Å²) in [4.78, 5) is 0. The molecule has 0 aromatic heterocycles. The molecule has 1 unspecified atom stereocenters. The minimum Gasteiger partial charge on any atom is -0.375 e. The molecule has 14 heavy (non-hydrogen) atoms. The number of hydrogen-bond acceptors (Lipinski definition) is 1. The van der Waals surface area contributed by atoms with E-state index in [0.717, 1.165) is 6.61 Å². The lowest BCUT2D eigenvalue weighted by Crippen LogP contribution is -2.27. The zero-order valence-electron chi connectivity index (χ0n) is 10.6. The second kappa shape index (κ2) is 8.28. The molecule has 86 valence electrons. The molecule has 1 heteroatoms. The van der Waals surface area contributed by atoms with Gasteiger partial charge in [0.05, 0.1) is 5.60 Å². The summed E-state index contributed by atoms with van der Waals surface area (Å²) < 4.78 is 5.88. The van der Waals surface area contributed by atoms with Crippen molar-refractivity contribution in [3.05, 3.63) is 0 Å². The highest BCUT2D eigenvalue weighted by atomic mass is 16.5. The first kappa shape index (κ1) is 14.0. The second-order valence-corrected chi connectivity index (χ2v) is 3.99. The molecule has 1 nitrogen and oxygen atoms in total. The van der Waals surface area contributed by atoms with E-state index in [0.29, 0.717) is 5.60 Å². The smallest absolute Gasteiger partial charge is 0.0683 e. The molecule has 0 saturated carbocycles. The van der Waals surface area contributed by atoms with Gasteiger partial charge in [0.25, 0.3) is 0 Å². The fraction of sp³-hybridized carbons (Fsp3) is 1.00. The SMILES string of the molecule is CC.CCCCC1(CCC)CCCO1. The van der Waals surface area contributed by atoms with E-state index < -0.39 is 0 Å². The molecule has 0 bridgehead atoms. The third kappa shape index (κ3) is 4.45. The molecule has 0 spiro atoms. The molecule has 1 atom stereocenters. The number of ether oxygens (including phenoxy) is 1. The van der Waals surface area contributed by atoms with Crippen molar-refractivity contribution >= 4 is 0 Å². The van der Waals surface area contributed by atoms with Gasteiger partial charge in [-0.1, -0.05) is 47.0 Å². The zero-order valence-corrected chi connectivity index (χ0v) is 10.6. The molecule has 1 aliphatic heterocycles. The van der Waals surface area contributed by atoms with E-state index in [9.17, 15) is 0 Å². The Morgan fingerprint density at radius 3 is 2.21 bits per heavy atom. The molecule has 0 radical (unpaired) electrons. The highest BCUT2D eigenvalue weighted by molar-refractivity contribution is 4.84. The summed E-state index contributed by atoms with van der Waals surface area (Å²) in [7, 11) is 0. The molecule has 0 N–H and O–H groups in total. The maximum atomic E-state index is 5.88. The minimum absolute atomic E-state index is 0.296. The summed E-state index contributed by atoms with van der Waals surface area (Å²) in [5, 5.41) is 0. The van der Waals surface area contributed by atoms with Crippen molar-refractivity contribution in [2.45, 2.75) is 78.2 Å². The summed E-state index contributed by atoms with van der Waals surface area (Å²) in [5.74, 6) is 0. The molecule has 1 heterocycles. The lowest BCUT2D eigenvalue weighted by Gasteiger charge is -2.27. The monoisotopic (exact) mass is 200 g/mol. The number of rotatable bonds is 5. The average Bonchev–Trinajstić information content (AvgIpc) is 2.68. The van der Waals surface area contributed by atoms with Gasteiger partial charge in [0.2, 0.25) is 0 Å². The van der Waals surface area contributed by atoms with Crippen LogP contribution in [0.2, 0.25) is 0 Å². The lowest BCUT2D eigenvalue weighted by molar-refractivity contribution is -0.0117. The van der Waals surface area contributed by atoms with Crippen LogP contribution in [0, 0.1) is 0 Å². The summed E-state index contributed by atoms with van der Waals surface area (Å²) in [6, 6.07) is 0. The van der Waals surface area contributed by atoms with Crippen molar-refractivity contribution in [3.63, 3.8) is 0 Å². The standard InChI is InChI=1S/C11H22O.C2H6/c1-3-5-8-11(7-4-2)9-6-10-12-11;1-2/h3-10H2,1-2H3;1-2H3. The average molecular weight is 200 g/mol. The molecule has 0 amide bonds. The Kier molecular flexibility index (Phi) is 8.26. The molecular weight excluding hydrogens is 172 g/mol. The quantitative estimate of drug-likeness (QED) is 0.632. The van der Waals surface area contributed by atoms with Gasteiger partial charge in [0.1, 0.15) is 0 Å². The van der Waals surface area contributed by atoms with E-state index in [2.05, 4.69) is 13.8 Å². The van der Waals surface area contributed by atoms with Crippen LogP contribution in [0.1, 0.15) is 72.6 Å². The second-order valence-electron chi connectivity index (χ2n) is 3.99. The van der Waals surface area contributed by atoms with Crippen LogP contribution < -0.4 is 0 Å². The van der Waals surface area contributed by atoms with E-state index in [1.807, 2.05) is 13.8 Å². The first-order valence-corrected chi connectivity index (χ1v) is 6.47. The fourth-order valence-corrected chi connectivity index (χ4v) is 2.23. The third-order valence-electron chi connectivity index (χ3n) is 2.88. The van der Waals surface area contributed by atoms with E-state index >= 15 is 0 Å². The minimum atomic E-state index is 0.296. The van der Waals surface area contributed by atoms with Gasteiger partial charge in [-0.05, 0) is 25.7 Å². The van der Waals surface area contributed by atoms with Crippen LogP contribution in [-0.4, -0.2) is 12.2 Å². The van der Waals surface area contributed by atoms with E-state index in [4.69, 9.17) is 4.74 Å². The number of unbranched alkanes of at least 4 members (excludes halogenated alkanes) is 1. The van der Waals surface area contributed by atoms with Crippen molar-refractivity contribution in [2.75, 3.05) is 6.61 Å². The van der Waals surface area contributed by atoms with Gasteiger partial charge in [-0.15, -0.1) is 0 Å². The van der Waals surface area contributed by atoms with E-state index in [1.165, 1.54) is 44.9 Å². The largest absolute Gasteiger partial charge is 0.375 e. The summed E-state index contributed by atoms with van der Waals surface area (Å²) >= 11 is 0. The third-order valence-corrected chi connectivity index (χ3v) is 2.88. The van der Waals surface area contributed by atoms with Crippen LogP contribution in [0.5, 0.6) is 0 Å². The van der Waals surface area contributed by atoms with Crippen molar-refractivity contribution in [2.24, 2.45) is 0 Å². The topological polar surface area (TPSA) is 9.23 Å². The highest BCUT2D eigenvalue weighted by Crippen LogP contribution is 2.34. The Balaban J connectivity index is 0.000000791. The normalized spacial score (nSPS) is 25.7. The summed E-state index contributed by atoms with van der Waals surface area (Å²) in [6.07, 6.45) is 9.05. The molecule has 1 aliphatic rings. The van der Waals surface area contributed by atoms with Crippen molar-refractivity contribution in [3.8, 4) is 0 Å². The lowest BCUT2D eigenvalue weighted by atomic mass is 9.89. The molecule has 1 fully saturated rings. The van der Waals surface area contributed by atoms with Crippen LogP contribution >= 0.6 is 0 Å². The van der Waals surface area contributed by atoms with Crippen LogP contribution in [0.3, 0.4) is 0 Å². The van der Waals surface area contributed by atoms with E-state index in [-0.39, 0.29) is 0 Å². The maximum absolute atomic E-state index is 5.88. The van der Waals surface area contributed by atoms with Crippen molar-refractivity contribution in [1.29, 1.82) is 0 Å². The van der Waals surface area contributed by atoms with Crippen LogP contribution in [-0.2, 0) is 4.74 Å². The first-order valence-electron chi connectivity index (χ1n) is 6.47. The Morgan fingerprint density at radius 2 is 1.79 bits per heavy atom. The number of hydrogen-bond donors (Lipinski definition) is 0. The van der Waals surface area contributed by atoms with Gasteiger partial charge in [-0.3, -0.25) is 0 Å². The van der Waals surface area contributed by atoms with Gasteiger partial charge < -0.3 is 4.74 Å². The van der Waals surface area contributed by atoms with Crippen LogP contribution in [0.4, 0.5) is 0 Å². The molecule has 0 aromatic carbocycles. The highest BCUT2D eigenvalue weighted by Gasteiger charge is 2.32. The molecule has 0 aromatic rings. The Morgan fingerprint density at radius 1 is 1.07 bits per heavy atom. The summed E-state index contributed by atoms with van der Waals surface area (Å²) in [6.45, 7) is 9.52. The fourth-order valence-electron chi connectivity index (χ4n) is 2.23. The van der Waals surface area contributed by atoms with Gasteiger partial charge in [0.15, 0.2) is 0 Å². The van der Waals surface area contributed by atoms with Crippen molar-refractivity contribution < 1.29 is 4.74 Å². The summed E-state index contributed by atoms with van der Waals surface area (Å²) in [5.41, 5.74) is 0.296. The Bertz CT molecular complexity index is 114. The molecule has 1 saturated heterocycles. The predicted octanol–water partition coefficient (Wildman–Crippen LogP) is 4.55. The van der Waals surface area contributed by atoms with Crippen LogP contribution in [0.25, 0.3) is 0 Å². The van der Waals surface area contributed by atoms with Crippen LogP contribution in [0.15, 0.2) is 0 Å². The molecule has 0 aliphatic carbocycles. The maximum Gasteiger partial charge on any atom is 0.0683 e. The van der Waals surface area contributed by atoms with Gasteiger partial charge in [-0.2, -0.15) is 0 Å². The van der Waals surface area contributed by atoms with E-state index in [1.54, 1.807) is 0 Å². The Labute approximate surface area is 90.2 Å². The Hall–Kier alpha value is -0.0400. The first-order chi connectivity index (χ1) is 6.83. The van der Waals surface area contributed by atoms with Gasteiger partial charge in [-0.25, -0.2) is 0 Å². The molecular formula is C13H28O. The van der Waals surface area contributed by atoms with Gasteiger partial charge >= 0.3 is 0 Å².